The van der Waals surface area contributed by atoms with Gasteiger partial charge in [-0.1, -0.05) is 48.5 Å². The van der Waals surface area contributed by atoms with Gasteiger partial charge in [-0.2, -0.15) is 0 Å². The van der Waals surface area contributed by atoms with E-state index in [1.807, 2.05) is 12.1 Å². The second-order valence-electron chi connectivity index (χ2n) is 6.56. The highest BCUT2D eigenvalue weighted by Gasteiger charge is 2.12. The van der Waals surface area contributed by atoms with Gasteiger partial charge in [-0.05, 0) is 41.5 Å². The Labute approximate surface area is 157 Å². The number of carbonyl (C=O) groups excluding carboxylic acids is 1. The van der Waals surface area contributed by atoms with E-state index in [1.165, 1.54) is 23.4 Å². The lowest BCUT2D eigenvalue weighted by Crippen LogP contribution is -2.12. The minimum Gasteiger partial charge on any atom is -0.481 e. The van der Waals surface area contributed by atoms with Crippen molar-refractivity contribution in [3.8, 4) is 5.75 Å². The van der Waals surface area contributed by atoms with E-state index >= 15 is 0 Å². The summed E-state index contributed by atoms with van der Waals surface area (Å²) in [6.45, 7) is 2.77. The number of aromatic nitrogens is 1. The summed E-state index contributed by atoms with van der Waals surface area (Å²) >= 11 is 0. The van der Waals surface area contributed by atoms with Gasteiger partial charge in [0.1, 0.15) is 5.75 Å². The van der Waals surface area contributed by atoms with Crippen molar-refractivity contribution in [2.45, 2.75) is 13.5 Å². The van der Waals surface area contributed by atoms with Gasteiger partial charge in [-0.15, -0.1) is 0 Å². The van der Waals surface area contributed by atoms with Crippen LogP contribution >= 0.6 is 0 Å². The van der Waals surface area contributed by atoms with Crippen molar-refractivity contribution in [3.63, 3.8) is 0 Å². The minimum absolute atomic E-state index is 0.0941. The summed E-state index contributed by atoms with van der Waals surface area (Å²) in [5.41, 5.74) is 3.50. The van der Waals surface area contributed by atoms with E-state index in [1.54, 1.807) is 0 Å². The number of hydrogen-bond acceptors (Lipinski definition) is 3. The summed E-state index contributed by atoms with van der Waals surface area (Å²) in [5.74, 6) is 0.302. The molecular weight excluding hydrogens is 338 g/mol. The average Bonchev–Trinajstić information content (AvgIpc) is 3.02. The van der Waals surface area contributed by atoms with Gasteiger partial charge < -0.3 is 14.0 Å². The standard InChI is InChI=1S/C23H21NO3/c1-16-13-20-21(11-6-12-22(20)27-15-23(25)26-2)24(16)14-18-9-5-8-17-7-3-4-10-19(17)18/h3-13H,14-15H2,1-2H3. The number of ether oxygens (including phenoxy) is 2. The Bertz CT molecular complexity index is 1120. The molecule has 0 spiro atoms. The molecule has 0 N–H and O–H groups in total. The molecule has 0 fully saturated rings. The Morgan fingerprint density at radius 3 is 2.59 bits per heavy atom. The van der Waals surface area contributed by atoms with Crippen molar-refractivity contribution in [1.29, 1.82) is 0 Å². The predicted molar refractivity (Wildman–Crippen MR) is 107 cm³/mol. The second kappa shape index (κ2) is 7.16. The summed E-state index contributed by atoms with van der Waals surface area (Å²) in [5, 5.41) is 3.50. The number of nitrogens with zero attached hydrogens (tertiary/aromatic N) is 1. The molecule has 0 saturated heterocycles. The molecule has 0 atom stereocenters. The van der Waals surface area contributed by atoms with Crippen molar-refractivity contribution in [1.82, 2.24) is 4.57 Å². The third kappa shape index (κ3) is 3.26. The third-order valence-corrected chi connectivity index (χ3v) is 4.89. The van der Waals surface area contributed by atoms with Crippen LogP contribution in [0.15, 0.2) is 66.7 Å². The smallest absolute Gasteiger partial charge is 0.343 e. The maximum absolute atomic E-state index is 11.4. The normalized spacial score (nSPS) is 11.0. The molecule has 0 aliphatic rings. The first-order valence-corrected chi connectivity index (χ1v) is 8.92. The zero-order valence-corrected chi connectivity index (χ0v) is 15.4. The van der Waals surface area contributed by atoms with Gasteiger partial charge in [0.25, 0.3) is 0 Å². The Balaban J connectivity index is 1.74. The van der Waals surface area contributed by atoms with Crippen LogP contribution in [0.25, 0.3) is 21.7 Å². The Kier molecular flexibility index (Phi) is 4.55. The van der Waals surface area contributed by atoms with Gasteiger partial charge in [0.15, 0.2) is 6.61 Å². The molecule has 0 aliphatic heterocycles. The van der Waals surface area contributed by atoms with Crippen LogP contribution in [0.2, 0.25) is 0 Å². The van der Waals surface area contributed by atoms with Crippen LogP contribution in [0.3, 0.4) is 0 Å². The van der Waals surface area contributed by atoms with Crippen LogP contribution in [0, 0.1) is 6.92 Å². The number of benzene rings is 3. The Morgan fingerprint density at radius 1 is 0.963 bits per heavy atom. The maximum atomic E-state index is 11.4. The second-order valence-corrected chi connectivity index (χ2v) is 6.56. The van der Waals surface area contributed by atoms with Crippen LogP contribution < -0.4 is 4.74 Å². The number of carbonyl (C=O) groups is 1. The van der Waals surface area contributed by atoms with Gasteiger partial charge >= 0.3 is 5.97 Å². The van der Waals surface area contributed by atoms with Gasteiger partial charge in [0, 0.05) is 17.6 Å². The monoisotopic (exact) mass is 359 g/mol. The van der Waals surface area contributed by atoms with Crippen molar-refractivity contribution in [3.05, 3.63) is 78.0 Å². The molecule has 1 heterocycles. The molecule has 4 aromatic rings. The van der Waals surface area contributed by atoms with E-state index in [0.717, 1.165) is 23.1 Å². The molecule has 0 bridgehead atoms. The number of hydrogen-bond donors (Lipinski definition) is 0. The topological polar surface area (TPSA) is 40.5 Å². The molecular formula is C23H21NO3. The number of rotatable bonds is 5. The first-order valence-electron chi connectivity index (χ1n) is 8.92. The Morgan fingerprint density at radius 2 is 1.74 bits per heavy atom. The highest BCUT2D eigenvalue weighted by Crippen LogP contribution is 2.30. The molecule has 4 heteroatoms. The highest BCUT2D eigenvalue weighted by atomic mass is 16.6. The number of methoxy groups -OCH3 is 1. The van der Waals surface area contributed by atoms with Gasteiger partial charge in [0.2, 0.25) is 0 Å². The quantitative estimate of drug-likeness (QED) is 0.485. The van der Waals surface area contributed by atoms with Crippen molar-refractivity contribution >= 4 is 27.6 Å². The lowest BCUT2D eigenvalue weighted by atomic mass is 10.0. The summed E-state index contributed by atoms with van der Waals surface area (Å²) in [6.07, 6.45) is 0. The van der Waals surface area contributed by atoms with Crippen LogP contribution in [-0.4, -0.2) is 24.3 Å². The number of esters is 1. The van der Waals surface area contributed by atoms with E-state index in [2.05, 4.69) is 70.8 Å². The zero-order valence-electron chi connectivity index (χ0n) is 15.4. The molecule has 0 unspecified atom stereocenters. The molecule has 4 nitrogen and oxygen atoms in total. The molecule has 27 heavy (non-hydrogen) atoms. The third-order valence-electron chi connectivity index (χ3n) is 4.89. The van der Waals surface area contributed by atoms with Crippen LogP contribution in [0.1, 0.15) is 11.3 Å². The molecule has 136 valence electrons. The average molecular weight is 359 g/mol. The van der Waals surface area contributed by atoms with E-state index in [0.29, 0.717) is 5.75 Å². The van der Waals surface area contributed by atoms with Crippen LogP contribution in [0.4, 0.5) is 0 Å². The van der Waals surface area contributed by atoms with Gasteiger partial charge in [-0.3, -0.25) is 0 Å². The summed E-state index contributed by atoms with van der Waals surface area (Å²) in [4.78, 5) is 11.4. The van der Waals surface area contributed by atoms with Crippen LogP contribution in [-0.2, 0) is 16.1 Å². The molecule has 0 saturated carbocycles. The van der Waals surface area contributed by atoms with E-state index < -0.39 is 0 Å². The SMILES string of the molecule is COC(=O)COc1cccc2c1cc(C)n2Cc1cccc2ccccc12. The number of fused-ring (bicyclic) bond motifs is 2. The molecule has 0 aliphatic carbocycles. The molecule has 0 radical (unpaired) electrons. The largest absolute Gasteiger partial charge is 0.481 e. The van der Waals surface area contributed by atoms with Gasteiger partial charge in [-0.25, -0.2) is 4.79 Å². The fourth-order valence-electron chi connectivity index (χ4n) is 3.52. The molecule has 0 amide bonds. The molecule has 3 aromatic carbocycles. The lowest BCUT2D eigenvalue weighted by molar-refractivity contribution is -0.142. The van der Waals surface area contributed by atoms with E-state index in [9.17, 15) is 4.79 Å². The minimum atomic E-state index is -0.390. The highest BCUT2D eigenvalue weighted by molar-refractivity contribution is 5.89. The fraction of sp³-hybridized carbons (Fsp3) is 0.174. The predicted octanol–water partition coefficient (Wildman–Crippen LogP) is 4.70. The maximum Gasteiger partial charge on any atom is 0.343 e. The summed E-state index contributed by atoms with van der Waals surface area (Å²) in [6, 6.07) is 22.9. The zero-order chi connectivity index (χ0) is 18.8. The molecule has 1 aromatic heterocycles. The van der Waals surface area contributed by atoms with Crippen molar-refractivity contribution in [2.24, 2.45) is 0 Å². The van der Waals surface area contributed by atoms with Gasteiger partial charge in [0.05, 0.1) is 12.6 Å². The first-order chi connectivity index (χ1) is 13.2. The summed E-state index contributed by atoms with van der Waals surface area (Å²) in [7, 11) is 1.36. The molecule has 4 rings (SSSR count). The number of aryl methyl sites for hydroxylation is 1. The van der Waals surface area contributed by atoms with Crippen molar-refractivity contribution < 1.29 is 14.3 Å². The fourth-order valence-corrected chi connectivity index (χ4v) is 3.52. The first kappa shape index (κ1) is 17.2. The van der Waals surface area contributed by atoms with Crippen LogP contribution in [0.5, 0.6) is 5.75 Å². The Hall–Kier alpha value is -3.27. The lowest BCUT2D eigenvalue weighted by Gasteiger charge is -2.12. The van der Waals surface area contributed by atoms with E-state index in [-0.39, 0.29) is 12.6 Å². The van der Waals surface area contributed by atoms with Crippen molar-refractivity contribution in [2.75, 3.05) is 13.7 Å². The summed E-state index contributed by atoms with van der Waals surface area (Å²) < 4.78 is 12.6. The van der Waals surface area contributed by atoms with E-state index in [4.69, 9.17) is 4.74 Å².